The van der Waals surface area contributed by atoms with Gasteiger partial charge in [0, 0.05) is 0 Å². The Morgan fingerprint density at radius 3 is 1.77 bits per heavy atom. The number of hydrogen-bond donors (Lipinski definition) is 0. The fourth-order valence-electron chi connectivity index (χ4n) is 6.48. The van der Waals surface area contributed by atoms with Crippen molar-refractivity contribution >= 4 is 21.5 Å². The lowest BCUT2D eigenvalue weighted by molar-refractivity contribution is 1.46. The van der Waals surface area contributed by atoms with Crippen LogP contribution in [-0.2, 0) is 0 Å². The minimum Gasteiger partial charge on any atom is -0.0622 e. The molecule has 0 nitrogen and oxygen atoms in total. The molecule has 39 heavy (non-hydrogen) atoms. The summed E-state index contributed by atoms with van der Waals surface area (Å²) in [6.07, 6.45) is 0. The van der Waals surface area contributed by atoms with Crippen LogP contribution in [0.3, 0.4) is 0 Å². The Bertz CT molecular complexity index is 2060. The fraction of sp³-hybridized carbons (Fsp3) is 0.0256. The Kier molecular flexibility index (Phi) is 4.84. The molecular weight excluding hydrogens is 468 g/mol. The Balaban J connectivity index is 1.38. The van der Waals surface area contributed by atoms with Gasteiger partial charge in [0.2, 0.25) is 0 Å². The van der Waals surface area contributed by atoms with Crippen molar-refractivity contribution < 1.29 is 0 Å². The first-order chi connectivity index (χ1) is 19.3. The van der Waals surface area contributed by atoms with Gasteiger partial charge in [-0.1, -0.05) is 121 Å². The second-order valence-corrected chi connectivity index (χ2v) is 10.6. The molecule has 0 amide bonds. The van der Waals surface area contributed by atoms with Crippen molar-refractivity contribution in [3.8, 4) is 55.6 Å². The summed E-state index contributed by atoms with van der Waals surface area (Å²) in [6, 6.07) is 51.3. The van der Waals surface area contributed by atoms with E-state index in [0.29, 0.717) is 0 Å². The van der Waals surface area contributed by atoms with Crippen LogP contribution in [0.5, 0.6) is 0 Å². The molecule has 182 valence electrons. The third kappa shape index (κ3) is 3.39. The summed E-state index contributed by atoms with van der Waals surface area (Å²) in [5.74, 6) is 0. The summed E-state index contributed by atoms with van der Waals surface area (Å²) in [7, 11) is 0. The van der Waals surface area contributed by atoms with Gasteiger partial charge in [-0.25, -0.2) is 0 Å². The molecule has 0 aliphatic heterocycles. The molecule has 0 heterocycles. The van der Waals surface area contributed by atoms with Crippen LogP contribution in [-0.4, -0.2) is 0 Å². The fourth-order valence-corrected chi connectivity index (χ4v) is 6.48. The Morgan fingerprint density at radius 1 is 0.333 bits per heavy atom. The van der Waals surface area contributed by atoms with Gasteiger partial charge in [0.25, 0.3) is 0 Å². The molecule has 0 bridgehead atoms. The van der Waals surface area contributed by atoms with Crippen LogP contribution in [0.4, 0.5) is 0 Å². The highest BCUT2D eigenvalue weighted by Gasteiger charge is 2.24. The minimum atomic E-state index is 1.24. The molecule has 1 aliphatic carbocycles. The van der Waals surface area contributed by atoms with Gasteiger partial charge in [-0.3, -0.25) is 0 Å². The van der Waals surface area contributed by atoms with E-state index in [0.717, 1.165) is 0 Å². The summed E-state index contributed by atoms with van der Waals surface area (Å²) < 4.78 is 0. The van der Waals surface area contributed by atoms with Gasteiger partial charge < -0.3 is 0 Å². The van der Waals surface area contributed by atoms with Crippen molar-refractivity contribution in [1.82, 2.24) is 0 Å². The number of aryl methyl sites for hydroxylation is 1. The van der Waals surface area contributed by atoms with E-state index in [1.165, 1.54) is 82.7 Å². The zero-order valence-corrected chi connectivity index (χ0v) is 21.8. The number of rotatable bonds is 3. The van der Waals surface area contributed by atoms with Crippen molar-refractivity contribution in [2.45, 2.75) is 6.92 Å². The molecule has 8 rings (SSSR count). The van der Waals surface area contributed by atoms with Gasteiger partial charge in [-0.2, -0.15) is 0 Å². The van der Waals surface area contributed by atoms with E-state index in [4.69, 9.17) is 0 Å². The first kappa shape index (κ1) is 22.1. The first-order valence-corrected chi connectivity index (χ1v) is 13.6. The molecule has 0 aromatic heterocycles. The Morgan fingerprint density at radius 2 is 0.949 bits per heavy atom. The summed E-state index contributed by atoms with van der Waals surface area (Å²) in [4.78, 5) is 0. The predicted octanol–water partition coefficient (Wildman–Crippen LogP) is 10.9. The number of hydrogen-bond acceptors (Lipinski definition) is 0. The van der Waals surface area contributed by atoms with Gasteiger partial charge in [-0.05, 0) is 108 Å². The standard InChI is InChI=1S/C39H26/c1-25-10-5-8-15-30(25)29-18-19-31-35-21-20-32(33-16-9-17-34(39(33)35)37(31)24-29)38-23-28-14-7-6-13-27(28)22-36(38)26-11-3-2-4-12-26/h2-24H,1H3. The summed E-state index contributed by atoms with van der Waals surface area (Å²) in [5, 5.41) is 5.20. The average Bonchev–Trinajstić information content (AvgIpc) is 3.32. The first-order valence-electron chi connectivity index (χ1n) is 13.6. The summed E-state index contributed by atoms with van der Waals surface area (Å²) >= 11 is 0. The average molecular weight is 495 g/mol. The van der Waals surface area contributed by atoms with E-state index in [-0.39, 0.29) is 0 Å². The van der Waals surface area contributed by atoms with Gasteiger partial charge in [0.15, 0.2) is 0 Å². The molecule has 1 aliphatic rings. The largest absolute Gasteiger partial charge is 0.0622 e. The molecular formula is C39H26. The quantitative estimate of drug-likeness (QED) is 0.229. The van der Waals surface area contributed by atoms with Gasteiger partial charge >= 0.3 is 0 Å². The van der Waals surface area contributed by atoms with Crippen molar-refractivity contribution in [3.05, 3.63) is 145 Å². The van der Waals surface area contributed by atoms with Crippen LogP contribution in [0.15, 0.2) is 140 Å². The smallest absolute Gasteiger partial charge is 0.00201 e. The molecule has 0 saturated heterocycles. The van der Waals surface area contributed by atoms with E-state index in [9.17, 15) is 0 Å². The summed E-state index contributed by atoms with van der Waals surface area (Å²) in [5.41, 5.74) is 14.3. The molecule has 0 saturated carbocycles. The second-order valence-electron chi connectivity index (χ2n) is 10.6. The molecule has 7 aromatic rings. The molecule has 0 N–H and O–H groups in total. The Labute approximate surface area is 228 Å². The lowest BCUT2D eigenvalue weighted by Crippen LogP contribution is -1.89. The van der Waals surface area contributed by atoms with Gasteiger partial charge in [0.05, 0.1) is 0 Å². The van der Waals surface area contributed by atoms with Crippen LogP contribution >= 0.6 is 0 Å². The maximum atomic E-state index is 2.39. The lowest BCUT2D eigenvalue weighted by atomic mass is 9.88. The van der Waals surface area contributed by atoms with E-state index in [1.807, 2.05) is 0 Å². The second kappa shape index (κ2) is 8.55. The van der Waals surface area contributed by atoms with Gasteiger partial charge in [0.1, 0.15) is 0 Å². The summed E-state index contributed by atoms with van der Waals surface area (Å²) in [6.45, 7) is 2.19. The topological polar surface area (TPSA) is 0 Å². The highest BCUT2D eigenvalue weighted by atomic mass is 14.3. The van der Waals surface area contributed by atoms with Crippen molar-refractivity contribution in [2.24, 2.45) is 0 Å². The Hall–Kier alpha value is -4.94. The van der Waals surface area contributed by atoms with Crippen LogP contribution in [0, 0.1) is 6.92 Å². The molecule has 0 radical (unpaired) electrons. The van der Waals surface area contributed by atoms with Gasteiger partial charge in [-0.15, -0.1) is 0 Å². The van der Waals surface area contributed by atoms with Crippen molar-refractivity contribution in [2.75, 3.05) is 0 Å². The minimum absolute atomic E-state index is 1.24. The lowest BCUT2D eigenvalue weighted by Gasteiger charge is -2.16. The van der Waals surface area contributed by atoms with E-state index in [1.54, 1.807) is 0 Å². The maximum absolute atomic E-state index is 2.39. The molecule has 0 fully saturated rings. The van der Waals surface area contributed by atoms with E-state index >= 15 is 0 Å². The van der Waals surface area contributed by atoms with Crippen LogP contribution in [0.25, 0.3) is 77.2 Å². The zero-order chi connectivity index (χ0) is 25.9. The predicted molar refractivity (Wildman–Crippen MR) is 167 cm³/mol. The van der Waals surface area contributed by atoms with Crippen LogP contribution in [0.1, 0.15) is 5.56 Å². The zero-order valence-electron chi connectivity index (χ0n) is 21.8. The molecule has 0 spiro atoms. The van der Waals surface area contributed by atoms with E-state index in [2.05, 4.69) is 146 Å². The molecule has 0 unspecified atom stereocenters. The number of fused-ring (bicyclic) bond motifs is 4. The maximum Gasteiger partial charge on any atom is -0.00201 e. The van der Waals surface area contributed by atoms with E-state index < -0.39 is 0 Å². The SMILES string of the molecule is Cc1ccccc1-c1ccc2c(c1)-c1cccc3c(-c4cc5ccccc5cc4-c4ccccc4)ccc-2c13. The molecule has 0 heteroatoms. The normalized spacial score (nSPS) is 11.7. The van der Waals surface area contributed by atoms with Crippen molar-refractivity contribution in [3.63, 3.8) is 0 Å². The monoisotopic (exact) mass is 494 g/mol. The highest BCUT2D eigenvalue weighted by Crippen LogP contribution is 2.51. The molecule has 0 atom stereocenters. The van der Waals surface area contributed by atoms with Crippen LogP contribution < -0.4 is 0 Å². The molecule has 7 aromatic carbocycles. The number of benzene rings is 7. The third-order valence-corrected chi connectivity index (χ3v) is 8.36. The van der Waals surface area contributed by atoms with Crippen molar-refractivity contribution in [1.29, 1.82) is 0 Å². The third-order valence-electron chi connectivity index (χ3n) is 8.36. The van der Waals surface area contributed by atoms with Crippen LogP contribution in [0.2, 0.25) is 0 Å². The highest BCUT2D eigenvalue weighted by molar-refractivity contribution is 6.20.